The molecule has 0 aliphatic heterocycles. The SMILES string of the molecule is CC1C(=O)CC1c1ccncn1. The number of carbonyl (C=O) groups is 1. The zero-order valence-electron chi connectivity index (χ0n) is 6.90. The summed E-state index contributed by atoms with van der Waals surface area (Å²) in [7, 11) is 0. The largest absolute Gasteiger partial charge is 0.299 e. The van der Waals surface area contributed by atoms with E-state index in [4.69, 9.17) is 0 Å². The fourth-order valence-electron chi connectivity index (χ4n) is 1.52. The van der Waals surface area contributed by atoms with Gasteiger partial charge in [-0.3, -0.25) is 4.79 Å². The van der Waals surface area contributed by atoms with Crippen molar-refractivity contribution in [3.05, 3.63) is 24.3 Å². The van der Waals surface area contributed by atoms with Gasteiger partial charge in [-0.1, -0.05) is 6.92 Å². The Balaban J connectivity index is 2.18. The summed E-state index contributed by atoms with van der Waals surface area (Å²) >= 11 is 0. The summed E-state index contributed by atoms with van der Waals surface area (Å²) < 4.78 is 0. The van der Waals surface area contributed by atoms with Crippen LogP contribution in [0.3, 0.4) is 0 Å². The number of ketones is 1. The fraction of sp³-hybridized carbons (Fsp3) is 0.444. The normalized spacial score (nSPS) is 28.2. The molecule has 1 aromatic rings. The first-order chi connectivity index (χ1) is 5.79. The van der Waals surface area contributed by atoms with Crippen molar-refractivity contribution in [1.29, 1.82) is 0 Å². The second-order valence-electron chi connectivity index (χ2n) is 3.20. The van der Waals surface area contributed by atoms with Crippen molar-refractivity contribution in [2.24, 2.45) is 5.92 Å². The number of aromatic nitrogens is 2. The summed E-state index contributed by atoms with van der Waals surface area (Å²) in [5, 5.41) is 0. The first-order valence-electron chi connectivity index (χ1n) is 4.07. The summed E-state index contributed by atoms with van der Waals surface area (Å²) in [6.45, 7) is 1.96. The molecule has 1 aliphatic carbocycles. The van der Waals surface area contributed by atoms with E-state index in [9.17, 15) is 4.79 Å². The smallest absolute Gasteiger partial charge is 0.137 e. The molecule has 0 aromatic carbocycles. The molecular formula is C9H10N2O. The standard InChI is InChI=1S/C9H10N2O/c1-6-7(4-9(6)12)8-2-3-10-5-11-8/h2-3,5-7H,4H2,1H3. The van der Waals surface area contributed by atoms with Gasteiger partial charge in [0.2, 0.25) is 0 Å². The lowest BCUT2D eigenvalue weighted by Crippen LogP contribution is -2.33. The summed E-state index contributed by atoms with van der Waals surface area (Å²) in [6, 6.07) is 1.88. The van der Waals surface area contributed by atoms with Gasteiger partial charge in [0.1, 0.15) is 12.1 Å². The van der Waals surface area contributed by atoms with E-state index in [1.54, 1.807) is 6.20 Å². The minimum atomic E-state index is 0.153. The molecular weight excluding hydrogens is 152 g/mol. The van der Waals surface area contributed by atoms with Gasteiger partial charge in [-0.05, 0) is 6.07 Å². The Morgan fingerprint density at radius 1 is 1.58 bits per heavy atom. The van der Waals surface area contributed by atoms with Gasteiger partial charge in [0.05, 0.1) is 0 Å². The van der Waals surface area contributed by atoms with Gasteiger partial charge in [0.15, 0.2) is 0 Å². The molecule has 0 bridgehead atoms. The van der Waals surface area contributed by atoms with Crippen molar-refractivity contribution in [1.82, 2.24) is 9.97 Å². The Labute approximate surface area is 70.9 Å². The second-order valence-corrected chi connectivity index (χ2v) is 3.20. The molecule has 0 N–H and O–H groups in total. The molecule has 1 aliphatic rings. The average molecular weight is 162 g/mol. The Hall–Kier alpha value is -1.25. The molecule has 2 unspecified atom stereocenters. The summed E-state index contributed by atoms with van der Waals surface area (Å²) in [6.07, 6.45) is 3.90. The Bertz CT molecular complexity index is 297. The highest BCUT2D eigenvalue weighted by molar-refractivity contribution is 5.88. The van der Waals surface area contributed by atoms with Crippen LogP contribution in [0.4, 0.5) is 0 Å². The van der Waals surface area contributed by atoms with Crippen LogP contribution in [0.5, 0.6) is 0 Å². The number of Topliss-reactive ketones (excluding diaryl/α,β-unsaturated/α-hetero) is 1. The van der Waals surface area contributed by atoms with Gasteiger partial charge < -0.3 is 0 Å². The van der Waals surface area contributed by atoms with Crippen molar-refractivity contribution in [2.45, 2.75) is 19.3 Å². The van der Waals surface area contributed by atoms with Crippen molar-refractivity contribution >= 4 is 5.78 Å². The van der Waals surface area contributed by atoms with Gasteiger partial charge in [-0.25, -0.2) is 9.97 Å². The lowest BCUT2D eigenvalue weighted by Gasteiger charge is -2.31. The molecule has 2 atom stereocenters. The average Bonchev–Trinajstić information content (AvgIpc) is 2.15. The molecule has 1 aromatic heterocycles. The molecule has 0 saturated heterocycles. The number of carbonyl (C=O) groups excluding carboxylic acids is 1. The van der Waals surface area contributed by atoms with Crippen LogP contribution in [-0.4, -0.2) is 15.8 Å². The van der Waals surface area contributed by atoms with E-state index in [0.29, 0.717) is 18.1 Å². The van der Waals surface area contributed by atoms with Gasteiger partial charge >= 0.3 is 0 Å². The monoisotopic (exact) mass is 162 g/mol. The van der Waals surface area contributed by atoms with Crippen LogP contribution in [0.2, 0.25) is 0 Å². The first-order valence-corrected chi connectivity index (χ1v) is 4.07. The summed E-state index contributed by atoms with van der Waals surface area (Å²) in [5.74, 6) is 0.832. The van der Waals surface area contributed by atoms with Crippen LogP contribution in [0.25, 0.3) is 0 Å². The van der Waals surface area contributed by atoms with Crippen LogP contribution in [0, 0.1) is 5.92 Å². The second kappa shape index (κ2) is 2.66. The lowest BCUT2D eigenvalue weighted by molar-refractivity contribution is -0.130. The molecule has 0 radical (unpaired) electrons. The van der Waals surface area contributed by atoms with E-state index in [2.05, 4.69) is 9.97 Å². The van der Waals surface area contributed by atoms with Crippen LogP contribution in [-0.2, 0) is 4.79 Å². The molecule has 3 heteroatoms. The third kappa shape index (κ3) is 1.02. The Morgan fingerprint density at radius 3 is 2.92 bits per heavy atom. The minimum Gasteiger partial charge on any atom is -0.299 e. The molecule has 0 spiro atoms. The third-order valence-corrected chi connectivity index (χ3v) is 2.52. The van der Waals surface area contributed by atoms with Crippen LogP contribution >= 0.6 is 0 Å². The highest BCUT2D eigenvalue weighted by atomic mass is 16.1. The van der Waals surface area contributed by atoms with Gasteiger partial charge in [0.25, 0.3) is 0 Å². The van der Waals surface area contributed by atoms with E-state index in [-0.39, 0.29) is 5.92 Å². The molecule has 12 heavy (non-hydrogen) atoms. The van der Waals surface area contributed by atoms with Gasteiger partial charge in [-0.2, -0.15) is 0 Å². The molecule has 1 heterocycles. The topological polar surface area (TPSA) is 42.9 Å². The van der Waals surface area contributed by atoms with E-state index in [1.807, 2.05) is 13.0 Å². The molecule has 1 fully saturated rings. The number of hydrogen-bond donors (Lipinski definition) is 0. The van der Waals surface area contributed by atoms with E-state index < -0.39 is 0 Å². The number of nitrogens with zero attached hydrogens (tertiary/aromatic N) is 2. The lowest BCUT2D eigenvalue weighted by atomic mass is 9.72. The van der Waals surface area contributed by atoms with E-state index in [0.717, 1.165) is 5.69 Å². The quantitative estimate of drug-likeness (QED) is 0.622. The Morgan fingerprint density at radius 2 is 2.42 bits per heavy atom. The maximum atomic E-state index is 11.0. The van der Waals surface area contributed by atoms with Crippen molar-refractivity contribution in [3.8, 4) is 0 Å². The van der Waals surface area contributed by atoms with E-state index in [1.165, 1.54) is 6.33 Å². The minimum absolute atomic E-state index is 0.153. The zero-order chi connectivity index (χ0) is 8.55. The van der Waals surface area contributed by atoms with E-state index >= 15 is 0 Å². The first kappa shape index (κ1) is 7.40. The predicted octanol–water partition coefficient (Wildman–Crippen LogP) is 1.17. The molecule has 1 saturated carbocycles. The fourth-order valence-corrected chi connectivity index (χ4v) is 1.52. The third-order valence-electron chi connectivity index (χ3n) is 2.52. The predicted molar refractivity (Wildman–Crippen MR) is 43.6 cm³/mol. The van der Waals surface area contributed by atoms with Crippen molar-refractivity contribution in [3.63, 3.8) is 0 Å². The van der Waals surface area contributed by atoms with Crippen LogP contribution < -0.4 is 0 Å². The number of hydrogen-bond acceptors (Lipinski definition) is 3. The van der Waals surface area contributed by atoms with Crippen LogP contribution in [0.15, 0.2) is 18.6 Å². The number of rotatable bonds is 1. The van der Waals surface area contributed by atoms with Crippen LogP contribution in [0.1, 0.15) is 25.0 Å². The molecule has 3 nitrogen and oxygen atoms in total. The molecule has 2 rings (SSSR count). The maximum absolute atomic E-state index is 11.0. The molecule has 62 valence electrons. The zero-order valence-corrected chi connectivity index (χ0v) is 6.90. The van der Waals surface area contributed by atoms with Crippen molar-refractivity contribution in [2.75, 3.05) is 0 Å². The molecule has 0 amide bonds. The summed E-state index contributed by atoms with van der Waals surface area (Å²) in [5.41, 5.74) is 0.997. The van der Waals surface area contributed by atoms with Gasteiger partial charge in [0, 0.05) is 30.1 Å². The maximum Gasteiger partial charge on any atom is 0.137 e. The van der Waals surface area contributed by atoms with Crippen molar-refractivity contribution < 1.29 is 4.79 Å². The summed E-state index contributed by atoms with van der Waals surface area (Å²) in [4.78, 5) is 18.9. The highest BCUT2D eigenvalue weighted by Gasteiger charge is 2.37. The van der Waals surface area contributed by atoms with Gasteiger partial charge in [-0.15, -0.1) is 0 Å². The Kier molecular flexibility index (Phi) is 1.64. The highest BCUT2D eigenvalue weighted by Crippen LogP contribution is 2.37.